The predicted octanol–water partition coefficient (Wildman–Crippen LogP) is 13.1. The lowest BCUT2D eigenvalue weighted by atomic mass is 10.0. The monoisotopic (exact) mass is 910 g/mol. The molecule has 63 heavy (non-hydrogen) atoms. The van der Waals surface area contributed by atoms with Crippen LogP contribution < -0.4 is 5.73 Å². The normalized spacial score (nSPS) is 18.1. The van der Waals surface area contributed by atoms with E-state index in [1.165, 1.54) is 192 Å². The van der Waals surface area contributed by atoms with Gasteiger partial charge in [-0.3, -0.25) is 13.6 Å². The minimum absolute atomic E-state index is 0.162. The van der Waals surface area contributed by atoms with E-state index in [1.54, 1.807) is 4.57 Å². The molecule has 0 saturated carbocycles. The first-order chi connectivity index (χ1) is 30.9. The van der Waals surface area contributed by atoms with Crippen LogP contribution in [0.25, 0.3) is 11.2 Å². The van der Waals surface area contributed by atoms with Crippen molar-refractivity contribution in [3.63, 3.8) is 0 Å². The molecule has 1 fully saturated rings. The van der Waals surface area contributed by atoms with Crippen LogP contribution >= 0.6 is 7.82 Å². The number of hydrogen-bond donors (Lipinski definition) is 3. The number of phosphoric acid groups is 1. The highest BCUT2D eigenvalue weighted by Crippen LogP contribution is 2.49. The van der Waals surface area contributed by atoms with Crippen LogP contribution in [0.1, 0.15) is 232 Å². The highest BCUT2D eigenvalue weighted by atomic mass is 31.2. The molecule has 0 bridgehead atoms. The molecule has 14 heteroatoms. The summed E-state index contributed by atoms with van der Waals surface area (Å²) in [5.74, 6) is 0.201. The molecule has 366 valence electrons. The fourth-order valence-electron chi connectivity index (χ4n) is 8.62. The molecule has 1 aliphatic heterocycles. The number of phosphoric ester groups is 1. The van der Waals surface area contributed by atoms with Crippen LogP contribution in [-0.4, -0.2) is 80.9 Å². The molecular formula is C49H92N5O8P. The number of unbranched alkanes of at least 4 members (excludes halogenated alkanes) is 30. The van der Waals surface area contributed by atoms with Crippen molar-refractivity contribution >= 4 is 24.8 Å². The number of aliphatic hydroxyl groups excluding tert-OH is 1. The Balaban J connectivity index is 1.34. The van der Waals surface area contributed by atoms with Gasteiger partial charge in [0.25, 0.3) is 0 Å². The van der Waals surface area contributed by atoms with Gasteiger partial charge < -0.3 is 29.9 Å². The lowest BCUT2D eigenvalue weighted by molar-refractivity contribution is -0.0592. The number of nitrogens with two attached hydrogens (primary N) is 1. The summed E-state index contributed by atoms with van der Waals surface area (Å²) >= 11 is 0. The Bertz CT molecular complexity index is 1420. The molecule has 1 saturated heterocycles. The molecule has 0 aliphatic carbocycles. The Morgan fingerprint density at radius 3 is 1.62 bits per heavy atom. The second-order valence-corrected chi connectivity index (χ2v) is 19.6. The fourth-order valence-corrected chi connectivity index (χ4v) is 9.57. The first-order valence-electron chi connectivity index (χ1n) is 25.9. The molecule has 0 amide bonds. The van der Waals surface area contributed by atoms with E-state index >= 15 is 0 Å². The lowest BCUT2D eigenvalue weighted by Gasteiger charge is -2.24. The molecule has 1 unspecified atom stereocenters. The maximum absolute atomic E-state index is 13.4. The van der Waals surface area contributed by atoms with Gasteiger partial charge in [0.15, 0.2) is 17.7 Å². The molecule has 0 aromatic carbocycles. The quantitative estimate of drug-likeness (QED) is 0.0425. The Kier molecular flexibility index (Phi) is 32.2. The summed E-state index contributed by atoms with van der Waals surface area (Å²) in [7, 11) is -4.59. The third-order valence-electron chi connectivity index (χ3n) is 12.5. The SMILES string of the molecule is CCCCCCCCCCCCCCCCCCOC[C@H](COP(=O)(O)O[C@@H]1C[C@@H](CO)O[C@H]1n1cnc2c(N)ncnc21)OCCCCCCCCCCCCCCCCCC. The number of rotatable bonds is 44. The summed E-state index contributed by atoms with van der Waals surface area (Å²) < 4.78 is 44.5. The van der Waals surface area contributed by atoms with E-state index < -0.39 is 32.4 Å². The molecule has 2 aromatic rings. The van der Waals surface area contributed by atoms with Gasteiger partial charge in [0, 0.05) is 19.6 Å². The van der Waals surface area contributed by atoms with Crippen LogP contribution in [0.5, 0.6) is 0 Å². The van der Waals surface area contributed by atoms with E-state index in [1.807, 2.05) is 0 Å². The van der Waals surface area contributed by atoms with Gasteiger partial charge in [-0.2, -0.15) is 0 Å². The van der Waals surface area contributed by atoms with Crippen molar-refractivity contribution in [3.05, 3.63) is 12.7 Å². The summed E-state index contributed by atoms with van der Waals surface area (Å²) in [6, 6.07) is 0. The van der Waals surface area contributed by atoms with Crippen LogP contribution in [0.15, 0.2) is 12.7 Å². The molecule has 3 heterocycles. The van der Waals surface area contributed by atoms with Crippen LogP contribution in [0.2, 0.25) is 0 Å². The first kappa shape index (κ1) is 55.6. The zero-order valence-corrected chi connectivity index (χ0v) is 40.9. The number of anilines is 1. The maximum Gasteiger partial charge on any atom is 0.472 e. The van der Waals surface area contributed by atoms with Gasteiger partial charge in [0.2, 0.25) is 0 Å². The van der Waals surface area contributed by atoms with Crippen molar-refractivity contribution in [2.24, 2.45) is 0 Å². The Labute approximate surface area is 382 Å². The average molecular weight is 910 g/mol. The third-order valence-corrected chi connectivity index (χ3v) is 13.5. The van der Waals surface area contributed by atoms with Gasteiger partial charge in [-0.1, -0.05) is 206 Å². The smallest absolute Gasteiger partial charge is 0.394 e. The topological polar surface area (TPSA) is 173 Å². The van der Waals surface area contributed by atoms with E-state index in [-0.39, 0.29) is 32.1 Å². The van der Waals surface area contributed by atoms with E-state index in [0.29, 0.717) is 24.4 Å². The minimum atomic E-state index is -4.59. The van der Waals surface area contributed by atoms with Crippen molar-refractivity contribution in [1.82, 2.24) is 19.5 Å². The van der Waals surface area contributed by atoms with Crippen LogP contribution in [-0.2, 0) is 27.8 Å². The average Bonchev–Trinajstić information content (AvgIpc) is 3.90. The second-order valence-electron chi connectivity index (χ2n) is 18.2. The molecule has 13 nitrogen and oxygen atoms in total. The number of aliphatic hydroxyl groups is 1. The Hall–Kier alpha value is -1.70. The van der Waals surface area contributed by atoms with Gasteiger partial charge in [0.05, 0.1) is 32.3 Å². The highest BCUT2D eigenvalue weighted by Gasteiger charge is 2.42. The van der Waals surface area contributed by atoms with Crippen molar-refractivity contribution in [1.29, 1.82) is 0 Å². The van der Waals surface area contributed by atoms with Gasteiger partial charge in [-0.25, -0.2) is 19.5 Å². The Morgan fingerprint density at radius 2 is 1.14 bits per heavy atom. The van der Waals surface area contributed by atoms with Crippen LogP contribution in [0, 0.1) is 0 Å². The lowest BCUT2D eigenvalue weighted by Crippen LogP contribution is -2.27. The zero-order valence-electron chi connectivity index (χ0n) is 40.0. The summed E-state index contributed by atoms with van der Waals surface area (Å²) in [6.45, 7) is 5.51. The van der Waals surface area contributed by atoms with Gasteiger partial charge >= 0.3 is 7.82 Å². The number of ether oxygens (including phenoxy) is 3. The zero-order chi connectivity index (χ0) is 45.1. The Morgan fingerprint density at radius 1 is 0.683 bits per heavy atom. The summed E-state index contributed by atoms with van der Waals surface area (Å²) in [5, 5.41) is 9.88. The summed E-state index contributed by atoms with van der Waals surface area (Å²) in [5.41, 5.74) is 6.74. The standard InChI is InChI=1S/C49H92N5O8P/c1-3-5-7-9-11-13-15-17-19-21-23-25-27-29-31-33-35-58-39-44(59-36-34-32-30-28-26-24-22-20-18-16-14-12-10-8-6-4-2)40-60-63(56,57)62-45-37-43(38-55)61-49(45)54-42-53-46-47(50)51-41-52-48(46)54/h41-45,49,55H,3-40H2,1-2H3,(H,56,57)(H2,50,51,52)/t43-,44+,45+,49+/m0/s1. The van der Waals surface area contributed by atoms with E-state index in [2.05, 4.69) is 28.8 Å². The van der Waals surface area contributed by atoms with Crippen molar-refractivity contribution in [3.8, 4) is 0 Å². The maximum atomic E-state index is 13.4. The molecule has 4 N–H and O–H groups in total. The number of imidazole rings is 1. The van der Waals surface area contributed by atoms with Crippen LogP contribution in [0.3, 0.4) is 0 Å². The van der Waals surface area contributed by atoms with E-state index in [4.69, 9.17) is 29.0 Å². The minimum Gasteiger partial charge on any atom is -0.394 e. The van der Waals surface area contributed by atoms with E-state index in [9.17, 15) is 14.6 Å². The molecular weight excluding hydrogens is 818 g/mol. The molecule has 3 rings (SSSR count). The molecule has 0 radical (unpaired) electrons. The van der Waals surface area contributed by atoms with Gasteiger partial charge in [0.1, 0.15) is 24.1 Å². The summed E-state index contributed by atoms with van der Waals surface area (Å²) in [6.07, 6.45) is 41.9. The van der Waals surface area contributed by atoms with Gasteiger partial charge in [-0.05, 0) is 12.8 Å². The predicted molar refractivity (Wildman–Crippen MR) is 256 cm³/mol. The van der Waals surface area contributed by atoms with Crippen LogP contribution in [0.4, 0.5) is 5.82 Å². The highest BCUT2D eigenvalue weighted by molar-refractivity contribution is 7.47. The number of hydrogen-bond acceptors (Lipinski definition) is 11. The van der Waals surface area contributed by atoms with Crippen molar-refractivity contribution in [2.75, 3.05) is 38.8 Å². The number of nitrogens with zero attached hydrogens (tertiary/aromatic N) is 4. The van der Waals surface area contributed by atoms with Crippen molar-refractivity contribution in [2.45, 2.75) is 250 Å². The molecule has 2 aromatic heterocycles. The number of aromatic nitrogens is 4. The van der Waals surface area contributed by atoms with E-state index in [0.717, 1.165) is 25.7 Å². The molecule has 0 spiro atoms. The first-order valence-corrected chi connectivity index (χ1v) is 27.4. The largest absolute Gasteiger partial charge is 0.472 e. The third kappa shape index (κ3) is 25.7. The summed E-state index contributed by atoms with van der Waals surface area (Å²) in [4.78, 5) is 23.5. The number of nitrogen functional groups attached to an aromatic ring is 1. The molecule has 1 aliphatic rings. The molecule has 5 atom stereocenters. The van der Waals surface area contributed by atoms with Gasteiger partial charge in [-0.15, -0.1) is 0 Å². The second kappa shape index (κ2) is 36.4. The fraction of sp³-hybridized carbons (Fsp3) is 0.898. The van der Waals surface area contributed by atoms with Crippen molar-refractivity contribution < 1.29 is 37.8 Å². The number of fused-ring (bicyclic) bond motifs is 1.